The fourth-order valence-electron chi connectivity index (χ4n) is 3.17. The first-order chi connectivity index (χ1) is 12.3. The van der Waals surface area contributed by atoms with E-state index in [1.807, 2.05) is 15.7 Å². The van der Waals surface area contributed by atoms with E-state index in [2.05, 4.69) is 34.6 Å². The molecule has 0 bridgehead atoms. The number of carbonyl (C=O) groups is 1. The maximum Gasteiger partial charge on any atom is 0.257 e. The average Bonchev–Trinajstić information content (AvgIpc) is 3.36. The summed E-state index contributed by atoms with van der Waals surface area (Å²) in [4.78, 5) is 18.3. The van der Waals surface area contributed by atoms with Gasteiger partial charge >= 0.3 is 0 Å². The normalized spacial score (nSPS) is 15.3. The summed E-state index contributed by atoms with van der Waals surface area (Å²) in [6, 6.07) is 10.4. The van der Waals surface area contributed by atoms with E-state index in [9.17, 15) is 4.79 Å². The van der Waals surface area contributed by atoms with Gasteiger partial charge in [0.05, 0.1) is 18.2 Å². The molecule has 1 fully saturated rings. The van der Waals surface area contributed by atoms with Crippen molar-refractivity contribution >= 4 is 11.6 Å². The molecule has 0 saturated carbocycles. The molecular weight excluding hydrogens is 316 g/mol. The second kappa shape index (κ2) is 6.84. The third-order valence-electron chi connectivity index (χ3n) is 4.59. The molecule has 128 valence electrons. The van der Waals surface area contributed by atoms with Crippen LogP contribution in [0.1, 0.15) is 23.2 Å². The van der Waals surface area contributed by atoms with Crippen molar-refractivity contribution in [1.29, 1.82) is 0 Å². The van der Waals surface area contributed by atoms with Crippen LogP contribution in [-0.2, 0) is 0 Å². The number of hydrogen-bond acceptors (Lipinski definition) is 4. The summed E-state index contributed by atoms with van der Waals surface area (Å²) in [5.74, 6) is 0.0527. The molecule has 25 heavy (non-hydrogen) atoms. The van der Waals surface area contributed by atoms with Crippen LogP contribution in [0.4, 0.5) is 5.69 Å². The molecule has 6 nitrogen and oxygen atoms in total. The molecule has 0 radical (unpaired) electrons. The Labute approximate surface area is 146 Å². The minimum atomic E-state index is 0.0527. The third-order valence-corrected chi connectivity index (χ3v) is 4.59. The number of hydrogen-bond donors (Lipinski definition) is 1. The molecule has 0 unspecified atom stereocenters. The first-order valence-corrected chi connectivity index (χ1v) is 8.46. The van der Waals surface area contributed by atoms with Gasteiger partial charge in [-0.05, 0) is 43.2 Å². The second-order valence-electron chi connectivity index (χ2n) is 6.24. The lowest BCUT2D eigenvalue weighted by molar-refractivity contribution is 0.0718. The van der Waals surface area contributed by atoms with Crippen LogP contribution in [0.25, 0.3) is 5.69 Å². The van der Waals surface area contributed by atoms with Crippen LogP contribution in [0.3, 0.4) is 0 Å². The Bertz CT molecular complexity index is 802. The molecule has 1 N–H and O–H groups in total. The molecule has 0 aliphatic carbocycles. The van der Waals surface area contributed by atoms with Gasteiger partial charge in [-0.25, -0.2) is 4.98 Å². The zero-order valence-corrected chi connectivity index (χ0v) is 13.8. The first kappa shape index (κ1) is 15.5. The maximum absolute atomic E-state index is 12.3. The Hall–Kier alpha value is -3.02. The van der Waals surface area contributed by atoms with E-state index < -0.39 is 0 Å². The van der Waals surface area contributed by atoms with Crippen molar-refractivity contribution in [2.24, 2.45) is 0 Å². The molecule has 1 saturated heterocycles. The van der Waals surface area contributed by atoms with Gasteiger partial charge in [0.25, 0.3) is 5.91 Å². The Morgan fingerprint density at radius 2 is 1.96 bits per heavy atom. The average molecular weight is 336 g/mol. The quantitative estimate of drug-likeness (QED) is 0.795. The number of piperidine rings is 1. The highest BCUT2D eigenvalue weighted by atomic mass is 16.3. The molecule has 2 aromatic heterocycles. The summed E-state index contributed by atoms with van der Waals surface area (Å²) in [7, 11) is 0. The van der Waals surface area contributed by atoms with Crippen LogP contribution in [0.2, 0.25) is 0 Å². The van der Waals surface area contributed by atoms with Crippen molar-refractivity contribution < 1.29 is 9.21 Å². The molecule has 6 heteroatoms. The lowest BCUT2D eigenvalue weighted by Gasteiger charge is -2.32. The lowest BCUT2D eigenvalue weighted by atomic mass is 10.0. The second-order valence-corrected chi connectivity index (χ2v) is 6.24. The van der Waals surface area contributed by atoms with E-state index >= 15 is 0 Å². The van der Waals surface area contributed by atoms with Crippen LogP contribution < -0.4 is 5.32 Å². The van der Waals surface area contributed by atoms with Gasteiger partial charge < -0.3 is 19.2 Å². The zero-order chi connectivity index (χ0) is 17.1. The highest BCUT2D eigenvalue weighted by Gasteiger charge is 2.24. The smallest absolute Gasteiger partial charge is 0.257 e. The summed E-state index contributed by atoms with van der Waals surface area (Å²) in [6.07, 6.45) is 10.4. The summed E-state index contributed by atoms with van der Waals surface area (Å²) in [5, 5.41) is 3.57. The van der Waals surface area contributed by atoms with E-state index in [0.29, 0.717) is 11.6 Å². The van der Waals surface area contributed by atoms with Crippen molar-refractivity contribution in [3.05, 3.63) is 67.1 Å². The fourth-order valence-corrected chi connectivity index (χ4v) is 3.17. The van der Waals surface area contributed by atoms with Crippen molar-refractivity contribution in [2.75, 3.05) is 18.4 Å². The van der Waals surface area contributed by atoms with Crippen LogP contribution in [0.15, 0.2) is 66.0 Å². The van der Waals surface area contributed by atoms with E-state index in [1.54, 1.807) is 18.6 Å². The van der Waals surface area contributed by atoms with Crippen LogP contribution >= 0.6 is 0 Å². The van der Waals surface area contributed by atoms with Gasteiger partial charge in [-0.15, -0.1) is 0 Å². The van der Waals surface area contributed by atoms with Crippen molar-refractivity contribution in [2.45, 2.75) is 18.9 Å². The number of aromatic nitrogens is 2. The SMILES string of the molecule is O=C(c1ccoc1)N1CCC(Nc2ccc(-n3ccnc3)cc2)CC1. The van der Waals surface area contributed by atoms with Crippen LogP contribution in [0.5, 0.6) is 0 Å². The van der Waals surface area contributed by atoms with Crippen LogP contribution in [-0.4, -0.2) is 39.5 Å². The van der Waals surface area contributed by atoms with Gasteiger partial charge in [-0.1, -0.05) is 0 Å². The number of carbonyl (C=O) groups excluding carboxylic acids is 1. The highest BCUT2D eigenvalue weighted by molar-refractivity contribution is 5.93. The lowest BCUT2D eigenvalue weighted by Crippen LogP contribution is -2.42. The van der Waals surface area contributed by atoms with E-state index in [4.69, 9.17) is 4.42 Å². The maximum atomic E-state index is 12.3. The Morgan fingerprint density at radius 3 is 2.60 bits per heavy atom. The van der Waals surface area contributed by atoms with Gasteiger partial charge in [-0.3, -0.25) is 4.79 Å². The highest BCUT2D eigenvalue weighted by Crippen LogP contribution is 2.20. The van der Waals surface area contributed by atoms with Crippen LogP contribution in [0, 0.1) is 0 Å². The van der Waals surface area contributed by atoms with E-state index in [-0.39, 0.29) is 5.91 Å². The molecule has 3 heterocycles. The molecule has 1 amide bonds. The van der Waals surface area contributed by atoms with E-state index in [0.717, 1.165) is 37.3 Å². The first-order valence-electron chi connectivity index (χ1n) is 8.46. The van der Waals surface area contributed by atoms with Gasteiger partial charge in [-0.2, -0.15) is 0 Å². The number of likely N-dealkylation sites (tertiary alicyclic amines) is 1. The number of nitrogens with zero attached hydrogens (tertiary/aromatic N) is 3. The van der Waals surface area contributed by atoms with Crippen molar-refractivity contribution in [3.63, 3.8) is 0 Å². The largest absolute Gasteiger partial charge is 0.472 e. The summed E-state index contributed by atoms with van der Waals surface area (Å²) in [5.41, 5.74) is 2.81. The number of anilines is 1. The summed E-state index contributed by atoms with van der Waals surface area (Å²) < 4.78 is 6.97. The number of nitrogens with one attached hydrogen (secondary N) is 1. The molecule has 1 aromatic carbocycles. The minimum Gasteiger partial charge on any atom is -0.472 e. The number of imidazole rings is 1. The molecule has 4 rings (SSSR count). The molecule has 1 aliphatic heterocycles. The fraction of sp³-hybridized carbons (Fsp3) is 0.263. The number of amides is 1. The molecule has 3 aromatic rings. The Balaban J connectivity index is 1.32. The minimum absolute atomic E-state index is 0.0527. The Kier molecular flexibility index (Phi) is 4.24. The third kappa shape index (κ3) is 3.42. The van der Waals surface area contributed by atoms with E-state index in [1.165, 1.54) is 12.5 Å². The molecule has 1 aliphatic rings. The summed E-state index contributed by atoms with van der Waals surface area (Å²) in [6.45, 7) is 1.52. The monoisotopic (exact) mass is 336 g/mol. The predicted molar refractivity (Wildman–Crippen MR) is 94.8 cm³/mol. The summed E-state index contributed by atoms with van der Waals surface area (Å²) >= 11 is 0. The Morgan fingerprint density at radius 1 is 1.16 bits per heavy atom. The van der Waals surface area contributed by atoms with Gasteiger partial charge in [0.2, 0.25) is 0 Å². The zero-order valence-electron chi connectivity index (χ0n) is 13.8. The molecule has 0 atom stereocenters. The molecule has 0 spiro atoms. The van der Waals surface area contributed by atoms with Gasteiger partial charge in [0, 0.05) is 42.9 Å². The number of rotatable bonds is 4. The topological polar surface area (TPSA) is 63.3 Å². The van der Waals surface area contributed by atoms with Gasteiger partial charge in [0.1, 0.15) is 6.26 Å². The van der Waals surface area contributed by atoms with Crippen molar-refractivity contribution in [1.82, 2.24) is 14.5 Å². The predicted octanol–water partition coefficient (Wildman–Crippen LogP) is 3.18. The van der Waals surface area contributed by atoms with Gasteiger partial charge in [0.15, 0.2) is 0 Å². The molecular formula is C19H20N4O2. The number of furan rings is 1. The standard InChI is InChI=1S/C19H20N4O2/c24-19(15-7-12-25-13-15)22-9-5-17(6-10-22)21-16-1-3-18(4-2-16)23-11-8-20-14-23/h1-4,7-8,11-14,17,21H,5-6,9-10H2. The van der Waals surface area contributed by atoms with Crippen molar-refractivity contribution in [3.8, 4) is 5.69 Å². The number of benzene rings is 1.